The van der Waals surface area contributed by atoms with Gasteiger partial charge in [0.25, 0.3) is 0 Å². The largest absolute Gasteiger partial charge is 0.478 e. The standard InChI is InChI=1S/C24H27FN4O.C4H4O4/c1-19-26-23(20-8-10-21(25)11-9-20)18-24(27-19)30-17-5-12-28-13-15-29(16-14-28)22-6-3-2-4-7-22;5-3(6)1-2-4(7)8/h2-4,6-11,18H,5,12-17H2,1H3;1-2H,(H,5,6)(H,7,8). The fraction of sp³-hybridized carbons (Fsp3) is 0.286. The maximum absolute atomic E-state index is 13.2. The third-order valence-electron chi connectivity index (χ3n) is 5.69. The first kappa shape index (κ1) is 28.3. The molecular weight excluding hydrogens is 491 g/mol. The zero-order chi connectivity index (χ0) is 27.3. The predicted octanol–water partition coefficient (Wildman–Crippen LogP) is 3.89. The van der Waals surface area contributed by atoms with E-state index in [0.29, 0.717) is 30.5 Å². The summed E-state index contributed by atoms with van der Waals surface area (Å²) in [6.45, 7) is 7.70. The van der Waals surface area contributed by atoms with E-state index in [0.717, 1.165) is 50.4 Å². The average molecular weight is 523 g/mol. The molecule has 0 amide bonds. The molecule has 1 fully saturated rings. The molecule has 1 saturated heterocycles. The molecule has 1 aromatic heterocycles. The molecule has 38 heavy (non-hydrogen) atoms. The maximum atomic E-state index is 13.2. The number of anilines is 1. The van der Waals surface area contributed by atoms with Gasteiger partial charge in [-0.3, -0.25) is 4.90 Å². The van der Waals surface area contributed by atoms with Gasteiger partial charge in [0.05, 0.1) is 12.3 Å². The minimum atomic E-state index is -1.26. The number of aryl methyl sites for hydroxylation is 1. The van der Waals surface area contributed by atoms with Crippen LogP contribution in [0.1, 0.15) is 12.2 Å². The highest BCUT2D eigenvalue weighted by molar-refractivity contribution is 5.89. The van der Waals surface area contributed by atoms with Crippen LogP contribution in [0.5, 0.6) is 5.88 Å². The summed E-state index contributed by atoms with van der Waals surface area (Å²) in [5.74, 6) is -1.56. The molecule has 0 aliphatic carbocycles. The van der Waals surface area contributed by atoms with Gasteiger partial charge in [-0.05, 0) is 49.7 Å². The van der Waals surface area contributed by atoms with E-state index in [1.54, 1.807) is 12.1 Å². The second kappa shape index (κ2) is 14.4. The third-order valence-corrected chi connectivity index (χ3v) is 5.69. The van der Waals surface area contributed by atoms with Crippen molar-refractivity contribution in [1.82, 2.24) is 14.9 Å². The molecule has 4 rings (SSSR count). The maximum Gasteiger partial charge on any atom is 0.328 e. The van der Waals surface area contributed by atoms with Crippen molar-refractivity contribution >= 4 is 17.6 Å². The number of nitrogens with zero attached hydrogens (tertiary/aromatic N) is 4. The first-order valence-corrected chi connectivity index (χ1v) is 12.2. The van der Waals surface area contributed by atoms with E-state index in [1.807, 2.05) is 13.0 Å². The molecule has 10 heteroatoms. The van der Waals surface area contributed by atoms with Crippen LogP contribution < -0.4 is 9.64 Å². The Kier molecular flexibility index (Phi) is 10.7. The summed E-state index contributed by atoms with van der Waals surface area (Å²) >= 11 is 0. The van der Waals surface area contributed by atoms with Gasteiger partial charge in [-0.15, -0.1) is 0 Å². The number of aliphatic carboxylic acids is 2. The van der Waals surface area contributed by atoms with Crippen LogP contribution >= 0.6 is 0 Å². The lowest BCUT2D eigenvalue weighted by Crippen LogP contribution is -2.46. The third kappa shape index (κ3) is 9.62. The number of halogens is 1. The zero-order valence-electron chi connectivity index (χ0n) is 21.2. The fourth-order valence-electron chi connectivity index (χ4n) is 3.86. The summed E-state index contributed by atoms with van der Waals surface area (Å²) in [6, 6.07) is 18.7. The van der Waals surface area contributed by atoms with Crippen molar-refractivity contribution in [3.8, 4) is 17.1 Å². The Morgan fingerprint density at radius 1 is 0.947 bits per heavy atom. The smallest absolute Gasteiger partial charge is 0.328 e. The van der Waals surface area contributed by atoms with E-state index in [-0.39, 0.29) is 5.82 Å². The second-order valence-corrected chi connectivity index (χ2v) is 8.52. The van der Waals surface area contributed by atoms with E-state index < -0.39 is 11.9 Å². The molecule has 200 valence electrons. The lowest BCUT2D eigenvalue weighted by atomic mass is 10.1. The number of carbonyl (C=O) groups is 2. The van der Waals surface area contributed by atoms with Gasteiger partial charge in [0.2, 0.25) is 5.88 Å². The first-order chi connectivity index (χ1) is 18.3. The number of benzene rings is 2. The van der Waals surface area contributed by atoms with Gasteiger partial charge in [0.15, 0.2) is 0 Å². The lowest BCUT2D eigenvalue weighted by Gasteiger charge is -2.36. The van der Waals surface area contributed by atoms with Crippen LogP contribution in [0, 0.1) is 12.7 Å². The quantitative estimate of drug-likeness (QED) is 0.319. The van der Waals surface area contributed by atoms with Gasteiger partial charge in [0, 0.05) is 62.2 Å². The van der Waals surface area contributed by atoms with Crippen molar-refractivity contribution in [3.63, 3.8) is 0 Å². The van der Waals surface area contributed by atoms with Crippen LogP contribution in [-0.4, -0.2) is 76.4 Å². The monoisotopic (exact) mass is 522 g/mol. The van der Waals surface area contributed by atoms with Crippen LogP contribution in [0.3, 0.4) is 0 Å². The van der Waals surface area contributed by atoms with Gasteiger partial charge >= 0.3 is 11.9 Å². The van der Waals surface area contributed by atoms with Crippen molar-refractivity contribution in [2.24, 2.45) is 0 Å². The molecule has 0 unspecified atom stereocenters. The molecule has 0 bridgehead atoms. The molecule has 0 spiro atoms. The van der Waals surface area contributed by atoms with Gasteiger partial charge < -0.3 is 19.8 Å². The van der Waals surface area contributed by atoms with E-state index >= 15 is 0 Å². The molecule has 2 aromatic carbocycles. The molecule has 1 aliphatic rings. The molecule has 9 nitrogen and oxygen atoms in total. The highest BCUT2D eigenvalue weighted by Crippen LogP contribution is 2.21. The summed E-state index contributed by atoms with van der Waals surface area (Å²) in [6.07, 6.45) is 2.06. The van der Waals surface area contributed by atoms with Gasteiger partial charge in [0.1, 0.15) is 11.6 Å². The number of carboxylic acids is 2. The second-order valence-electron chi connectivity index (χ2n) is 8.52. The van der Waals surface area contributed by atoms with E-state index in [4.69, 9.17) is 14.9 Å². The number of aromatic nitrogens is 2. The molecule has 0 saturated carbocycles. The Balaban J connectivity index is 0.000000436. The van der Waals surface area contributed by atoms with Crippen molar-refractivity contribution in [2.75, 3.05) is 44.2 Å². The Bertz CT molecular complexity index is 1200. The number of hydrogen-bond acceptors (Lipinski definition) is 7. The van der Waals surface area contributed by atoms with Crippen LogP contribution in [0.25, 0.3) is 11.3 Å². The van der Waals surface area contributed by atoms with Gasteiger partial charge in [-0.1, -0.05) is 18.2 Å². The molecule has 2 N–H and O–H groups in total. The number of hydrogen-bond donors (Lipinski definition) is 2. The summed E-state index contributed by atoms with van der Waals surface area (Å²) in [4.78, 5) is 32.8. The zero-order valence-corrected chi connectivity index (χ0v) is 21.2. The number of carboxylic acid groups (broad SMARTS) is 2. The van der Waals surface area contributed by atoms with Crippen molar-refractivity contribution in [2.45, 2.75) is 13.3 Å². The fourth-order valence-corrected chi connectivity index (χ4v) is 3.86. The van der Waals surface area contributed by atoms with Gasteiger partial charge in [-0.2, -0.15) is 4.98 Å². The Morgan fingerprint density at radius 3 is 2.18 bits per heavy atom. The molecule has 2 heterocycles. The topological polar surface area (TPSA) is 116 Å². The lowest BCUT2D eigenvalue weighted by molar-refractivity contribution is -0.134. The number of piperazine rings is 1. The SMILES string of the molecule is Cc1nc(OCCCN2CCN(c3ccccc3)CC2)cc(-c2ccc(F)cc2)n1.O=C(O)C=CC(=O)O. The predicted molar refractivity (Wildman–Crippen MR) is 142 cm³/mol. The van der Waals surface area contributed by atoms with E-state index in [1.165, 1.54) is 17.8 Å². The minimum Gasteiger partial charge on any atom is -0.478 e. The summed E-state index contributed by atoms with van der Waals surface area (Å²) < 4.78 is 19.1. The van der Waals surface area contributed by atoms with Gasteiger partial charge in [-0.25, -0.2) is 19.0 Å². The normalized spacial score (nSPS) is 13.6. The van der Waals surface area contributed by atoms with E-state index in [9.17, 15) is 14.0 Å². The molecule has 0 radical (unpaired) electrons. The Morgan fingerprint density at radius 2 is 1.58 bits per heavy atom. The van der Waals surface area contributed by atoms with Crippen molar-refractivity contribution in [1.29, 1.82) is 0 Å². The Hall–Kier alpha value is -4.31. The molecule has 0 atom stereocenters. The minimum absolute atomic E-state index is 0.259. The van der Waals surface area contributed by atoms with Crippen LogP contribution in [0.4, 0.5) is 10.1 Å². The first-order valence-electron chi connectivity index (χ1n) is 12.2. The average Bonchev–Trinajstić information content (AvgIpc) is 2.91. The number of rotatable bonds is 9. The van der Waals surface area contributed by atoms with E-state index in [2.05, 4.69) is 50.1 Å². The molecule has 3 aromatic rings. The molecular formula is C28H31FN4O5. The van der Waals surface area contributed by atoms with Crippen LogP contribution in [0.15, 0.2) is 72.8 Å². The molecule has 1 aliphatic heterocycles. The van der Waals surface area contributed by atoms with Crippen LogP contribution in [0.2, 0.25) is 0 Å². The number of para-hydroxylation sites is 1. The number of ether oxygens (including phenoxy) is 1. The summed E-state index contributed by atoms with van der Waals surface area (Å²) in [5.41, 5.74) is 2.90. The highest BCUT2D eigenvalue weighted by Gasteiger charge is 2.16. The summed E-state index contributed by atoms with van der Waals surface area (Å²) in [7, 11) is 0. The summed E-state index contributed by atoms with van der Waals surface area (Å²) in [5, 5.41) is 15.6. The van der Waals surface area contributed by atoms with Crippen LogP contribution in [-0.2, 0) is 9.59 Å². The highest BCUT2D eigenvalue weighted by atomic mass is 19.1. The van der Waals surface area contributed by atoms with Crippen molar-refractivity contribution in [3.05, 3.63) is 84.5 Å². The Labute approximate surface area is 220 Å². The van der Waals surface area contributed by atoms with Crippen molar-refractivity contribution < 1.29 is 28.9 Å².